The Labute approximate surface area is 147 Å². The fourth-order valence-electron chi connectivity index (χ4n) is 2.58. The molecule has 1 aliphatic rings. The summed E-state index contributed by atoms with van der Waals surface area (Å²) >= 11 is 0. The second-order valence-electron chi connectivity index (χ2n) is 4.96. The normalized spacial score (nSPS) is 15.6. The number of nitrogens with one attached hydrogen (secondary N) is 2. The standard InChI is InChI=1S/C15H17N5O.2ClH/c16-14-13(18-7-8-19-14)15(21)20-9-12-11-4-2-1-3-10(11)5-6-17-12;;/h1-4,7-8,12,17H,5-6,9H2,(H2,16,19)(H,20,21);2*1H. The van der Waals surface area contributed by atoms with Crippen molar-refractivity contribution in [2.75, 3.05) is 18.8 Å². The molecule has 2 heterocycles. The number of halogens is 2. The van der Waals surface area contributed by atoms with Gasteiger partial charge in [-0.05, 0) is 24.1 Å². The first kappa shape index (κ1) is 19.2. The van der Waals surface area contributed by atoms with Crippen LogP contribution in [0.2, 0.25) is 0 Å². The second-order valence-corrected chi connectivity index (χ2v) is 4.96. The fourth-order valence-corrected chi connectivity index (χ4v) is 2.58. The largest absolute Gasteiger partial charge is 0.382 e. The van der Waals surface area contributed by atoms with Crippen molar-refractivity contribution in [2.24, 2.45) is 0 Å². The lowest BCUT2D eigenvalue weighted by atomic mass is 9.94. The van der Waals surface area contributed by atoms with E-state index < -0.39 is 0 Å². The van der Waals surface area contributed by atoms with E-state index in [-0.39, 0.29) is 48.3 Å². The van der Waals surface area contributed by atoms with Gasteiger partial charge in [-0.15, -0.1) is 24.8 Å². The Morgan fingerprint density at radius 3 is 2.78 bits per heavy atom. The molecule has 1 atom stereocenters. The molecule has 0 radical (unpaired) electrons. The van der Waals surface area contributed by atoms with Crippen molar-refractivity contribution in [1.82, 2.24) is 20.6 Å². The van der Waals surface area contributed by atoms with Gasteiger partial charge in [0.05, 0.1) is 0 Å². The highest BCUT2D eigenvalue weighted by atomic mass is 35.5. The lowest BCUT2D eigenvalue weighted by molar-refractivity contribution is 0.0945. The SMILES string of the molecule is Cl.Cl.Nc1nccnc1C(=O)NCC1NCCc2ccccc21. The number of amides is 1. The number of hydrogen-bond donors (Lipinski definition) is 3. The third-order valence-corrected chi connectivity index (χ3v) is 3.62. The van der Waals surface area contributed by atoms with Crippen molar-refractivity contribution >= 4 is 36.5 Å². The molecule has 1 unspecified atom stereocenters. The Bertz CT molecular complexity index is 668. The zero-order valence-corrected chi connectivity index (χ0v) is 14.0. The Balaban J connectivity index is 0.00000132. The van der Waals surface area contributed by atoms with E-state index in [4.69, 9.17) is 5.73 Å². The lowest BCUT2D eigenvalue weighted by Crippen LogP contribution is -2.39. The van der Waals surface area contributed by atoms with Crippen molar-refractivity contribution in [1.29, 1.82) is 0 Å². The number of nitrogen functional groups attached to an aromatic ring is 1. The van der Waals surface area contributed by atoms with Gasteiger partial charge in [0.25, 0.3) is 5.91 Å². The van der Waals surface area contributed by atoms with Gasteiger partial charge in [0.15, 0.2) is 11.5 Å². The van der Waals surface area contributed by atoms with Crippen LogP contribution in [0.3, 0.4) is 0 Å². The quantitative estimate of drug-likeness (QED) is 0.776. The van der Waals surface area contributed by atoms with Gasteiger partial charge in [-0.25, -0.2) is 9.97 Å². The van der Waals surface area contributed by atoms with Gasteiger partial charge >= 0.3 is 0 Å². The number of nitrogens with zero attached hydrogens (tertiary/aromatic N) is 2. The monoisotopic (exact) mass is 355 g/mol. The molecule has 0 spiro atoms. The van der Waals surface area contributed by atoms with Gasteiger partial charge in [-0.1, -0.05) is 24.3 Å². The summed E-state index contributed by atoms with van der Waals surface area (Å²) < 4.78 is 0. The molecule has 0 bridgehead atoms. The number of benzene rings is 1. The maximum Gasteiger partial charge on any atom is 0.273 e. The molecule has 23 heavy (non-hydrogen) atoms. The zero-order chi connectivity index (χ0) is 14.7. The molecule has 0 saturated heterocycles. The highest BCUT2D eigenvalue weighted by molar-refractivity contribution is 5.96. The Kier molecular flexibility index (Phi) is 7.22. The Morgan fingerprint density at radius 1 is 1.26 bits per heavy atom. The summed E-state index contributed by atoms with van der Waals surface area (Å²) in [6.45, 7) is 1.40. The summed E-state index contributed by atoms with van der Waals surface area (Å²) in [5, 5.41) is 6.28. The molecule has 6 nitrogen and oxygen atoms in total. The number of carbonyl (C=O) groups is 1. The smallest absolute Gasteiger partial charge is 0.273 e. The average molecular weight is 356 g/mol. The fraction of sp³-hybridized carbons (Fsp3) is 0.267. The first-order chi connectivity index (χ1) is 10.3. The molecule has 1 amide bonds. The molecule has 4 N–H and O–H groups in total. The van der Waals surface area contributed by atoms with E-state index in [0.29, 0.717) is 6.54 Å². The molecule has 8 heteroatoms. The molecule has 1 aliphatic heterocycles. The van der Waals surface area contributed by atoms with Crippen LogP contribution >= 0.6 is 24.8 Å². The van der Waals surface area contributed by atoms with Gasteiger partial charge in [0.2, 0.25) is 0 Å². The third kappa shape index (κ3) is 4.31. The topological polar surface area (TPSA) is 92.9 Å². The predicted octanol–water partition coefficient (Wildman–Crippen LogP) is 1.52. The molecule has 1 aromatic carbocycles. The summed E-state index contributed by atoms with van der Waals surface area (Å²) in [6, 6.07) is 8.39. The van der Waals surface area contributed by atoms with Gasteiger partial charge < -0.3 is 16.4 Å². The average Bonchev–Trinajstić information content (AvgIpc) is 2.53. The molecule has 124 valence electrons. The number of hydrogen-bond acceptors (Lipinski definition) is 5. The van der Waals surface area contributed by atoms with Crippen LogP contribution in [-0.4, -0.2) is 29.0 Å². The summed E-state index contributed by atoms with van der Waals surface area (Å²) in [6.07, 6.45) is 3.93. The van der Waals surface area contributed by atoms with E-state index in [1.54, 1.807) is 0 Å². The molecule has 2 aromatic rings. The van der Waals surface area contributed by atoms with Crippen molar-refractivity contribution in [3.63, 3.8) is 0 Å². The van der Waals surface area contributed by atoms with Crippen molar-refractivity contribution < 1.29 is 4.79 Å². The molecule has 0 fully saturated rings. The van der Waals surface area contributed by atoms with Gasteiger partial charge in [-0.3, -0.25) is 4.79 Å². The van der Waals surface area contributed by atoms with Crippen molar-refractivity contribution in [3.8, 4) is 0 Å². The van der Waals surface area contributed by atoms with Crippen LogP contribution in [0.15, 0.2) is 36.7 Å². The second kappa shape index (κ2) is 8.67. The maximum absolute atomic E-state index is 12.1. The first-order valence-electron chi connectivity index (χ1n) is 6.91. The van der Waals surface area contributed by atoms with Crippen LogP contribution in [0.1, 0.15) is 27.7 Å². The van der Waals surface area contributed by atoms with Crippen LogP contribution in [0.5, 0.6) is 0 Å². The van der Waals surface area contributed by atoms with E-state index in [9.17, 15) is 4.79 Å². The number of carbonyl (C=O) groups excluding carboxylic acids is 1. The van der Waals surface area contributed by atoms with Crippen molar-refractivity contribution in [2.45, 2.75) is 12.5 Å². The summed E-state index contributed by atoms with van der Waals surface area (Å²) in [5.41, 5.74) is 8.39. The van der Waals surface area contributed by atoms with E-state index >= 15 is 0 Å². The van der Waals surface area contributed by atoms with Crippen LogP contribution < -0.4 is 16.4 Å². The number of anilines is 1. The number of nitrogens with two attached hydrogens (primary N) is 1. The zero-order valence-electron chi connectivity index (χ0n) is 12.4. The molecular weight excluding hydrogens is 337 g/mol. The van der Waals surface area contributed by atoms with E-state index in [0.717, 1.165) is 13.0 Å². The van der Waals surface area contributed by atoms with Crippen molar-refractivity contribution in [3.05, 3.63) is 53.5 Å². The molecule has 0 aliphatic carbocycles. The highest BCUT2D eigenvalue weighted by Gasteiger charge is 2.20. The number of rotatable bonds is 3. The maximum atomic E-state index is 12.1. The summed E-state index contributed by atoms with van der Waals surface area (Å²) in [7, 11) is 0. The minimum Gasteiger partial charge on any atom is -0.382 e. The summed E-state index contributed by atoms with van der Waals surface area (Å²) in [4.78, 5) is 19.9. The first-order valence-corrected chi connectivity index (χ1v) is 6.91. The Morgan fingerprint density at radius 2 is 2.00 bits per heavy atom. The van der Waals surface area contributed by atoms with Crippen LogP contribution in [0.25, 0.3) is 0 Å². The predicted molar refractivity (Wildman–Crippen MR) is 94.2 cm³/mol. The molecule has 0 saturated carbocycles. The van der Waals surface area contributed by atoms with E-state index in [1.807, 2.05) is 12.1 Å². The molecule has 3 rings (SSSR count). The number of aromatic nitrogens is 2. The molecular formula is C15H19Cl2N5O. The van der Waals surface area contributed by atoms with Gasteiger partial charge in [-0.2, -0.15) is 0 Å². The minimum atomic E-state index is -0.301. The number of fused-ring (bicyclic) bond motifs is 1. The van der Waals surface area contributed by atoms with Gasteiger partial charge in [0, 0.05) is 25.0 Å². The van der Waals surface area contributed by atoms with Crippen LogP contribution in [-0.2, 0) is 6.42 Å². The van der Waals surface area contributed by atoms with E-state index in [2.05, 4.69) is 32.7 Å². The highest BCUT2D eigenvalue weighted by Crippen LogP contribution is 2.21. The van der Waals surface area contributed by atoms with Crippen LogP contribution in [0, 0.1) is 0 Å². The van der Waals surface area contributed by atoms with Crippen LogP contribution in [0.4, 0.5) is 5.82 Å². The Hall–Kier alpha value is -1.89. The summed E-state index contributed by atoms with van der Waals surface area (Å²) in [5.74, 6) is -0.155. The van der Waals surface area contributed by atoms with Gasteiger partial charge in [0.1, 0.15) is 0 Å². The molecule has 1 aromatic heterocycles. The van der Waals surface area contributed by atoms with E-state index in [1.165, 1.54) is 23.5 Å². The third-order valence-electron chi connectivity index (χ3n) is 3.62. The minimum absolute atomic E-state index is 0. The lowest BCUT2D eigenvalue weighted by Gasteiger charge is -2.27.